The molecule has 138 valence electrons. The van der Waals surface area contributed by atoms with Crippen molar-refractivity contribution in [1.29, 1.82) is 0 Å². The number of benzene rings is 2. The number of primary amides is 1. The number of rotatable bonds is 9. The van der Waals surface area contributed by atoms with Crippen molar-refractivity contribution >= 4 is 17.5 Å². The van der Waals surface area contributed by atoms with Crippen molar-refractivity contribution in [1.82, 2.24) is 4.90 Å². The fourth-order valence-electron chi connectivity index (χ4n) is 2.66. The van der Waals surface area contributed by atoms with E-state index in [9.17, 15) is 14.0 Å². The van der Waals surface area contributed by atoms with Crippen LogP contribution in [0.2, 0.25) is 0 Å². The lowest BCUT2D eigenvalue weighted by molar-refractivity contribution is -0.130. The summed E-state index contributed by atoms with van der Waals surface area (Å²) < 4.78 is 13.5. The van der Waals surface area contributed by atoms with Gasteiger partial charge in [-0.2, -0.15) is 0 Å². The second-order valence-corrected chi connectivity index (χ2v) is 6.01. The van der Waals surface area contributed by atoms with Crippen molar-refractivity contribution in [2.45, 2.75) is 19.9 Å². The van der Waals surface area contributed by atoms with E-state index in [1.807, 2.05) is 37.3 Å². The van der Waals surface area contributed by atoms with E-state index in [0.717, 1.165) is 5.56 Å². The Morgan fingerprint density at radius 1 is 1.08 bits per heavy atom. The second kappa shape index (κ2) is 9.56. The first-order chi connectivity index (χ1) is 12.5. The minimum Gasteiger partial charge on any atom is -0.370 e. The summed E-state index contributed by atoms with van der Waals surface area (Å²) >= 11 is 0. The van der Waals surface area contributed by atoms with Crippen LogP contribution in [0.5, 0.6) is 0 Å². The Balaban J connectivity index is 2.11. The molecule has 0 saturated carbocycles. The highest BCUT2D eigenvalue weighted by Crippen LogP contribution is 2.16. The molecule has 2 aromatic rings. The monoisotopic (exact) mass is 357 g/mol. The van der Waals surface area contributed by atoms with Gasteiger partial charge in [0.05, 0.1) is 6.54 Å². The summed E-state index contributed by atoms with van der Waals surface area (Å²) in [4.78, 5) is 27.4. The molecule has 0 aliphatic carbocycles. The van der Waals surface area contributed by atoms with Crippen molar-refractivity contribution in [3.8, 4) is 0 Å². The van der Waals surface area contributed by atoms with Crippen molar-refractivity contribution in [3.05, 3.63) is 66.0 Å². The van der Waals surface area contributed by atoms with E-state index in [0.29, 0.717) is 18.8 Å². The van der Waals surface area contributed by atoms with Gasteiger partial charge in [0.15, 0.2) is 0 Å². The second-order valence-electron chi connectivity index (χ2n) is 6.01. The van der Waals surface area contributed by atoms with Gasteiger partial charge in [-0.25, -0.2) is 4.39 Å². The number of amides is 2. The molecular weight excluding hydrogens is 333 g/mol. The Morgan fingerprint density at radius 2 is 1.81 bits per heavy atom. The zero-order valence-electron chi connectivity index (χ0n) is 14.9. The van der Waals surface area contributed by atoms with Gasteiger partial charge in [-0.1, -0.05) is 36.4 Å². The van der Waals surface area contributed by atoms with Crippen LogP contribution >= 0.6 is 0 Å². The Bertz CT molecular complexity index is 737. The van der Waals surface area contributed by atoms with Gasteiger partial charge < -0.3 is 15.5 Å². The highest BCUT2D eigenvalue weighted by Gasteiger charge is 2.18. The number of carbonyl (C=O) groups excluding carboxylic acids is 2. The summed E-state index contributed by atoms with van der Waals surface area (Å²) in [5.74, 6) is -0.933. The third-order valence-electron chi connectivity index (χ3n) is 4.08. The average molecular weight is 357 g/mol. The van der Waals surface area contributed by atoms with E-state index >= 15 is 0 Å². The van der Waals surface area contributed by atoms with Crippen LogP contribution < -0.4 is 10.6 Å². The van der Waals surface area contributed by atoms with Gasteiger partial charge in [-0.3, -0.25) is 9.59 Å². The molecule has 6 heteroatoms. The lowest BCUT2D eigenvalue weighted by atomic mass is 10.2. The van der Waals surface area contributed by atoms with Crippen LogP contribution in [-0.4, -0.2) is 36.3 Å². The van der Waals surface area contributed by atoms with E-state index < -0.39 is 5.91 Å². The van der Waals surface area contributed by atoms with Crippen LogP contribution in [0.15, 0.2) is 54.6 Å². The number of likely N-dealkylation sites (N-methyl/N-ethyl adjacent to an activating group) is 1. The summed E-state index contributed by atoms with van der Waals surface area (Å²) in [5, 5.41) is 0. The lowest BCUT2D eigenvalue weighted by Crippen LogP contribution is -2.41. The topological polar surface area (TPSA) is 66.6 Å². The first-order valence-electron chi connectivity index (χ1n) is 8.60. The number of carbonyl (C=O) groups is 2. The van der Waals surface area contributed by atoms with Crippen LogP contribution in [0.1, 0.15) is 18.9 Å². The Labute approximate surface area is 153 Å². The van der Waals surface area contributed by atoms with Gasteiger partial charge in [0, 0.05) is 31.7 Å². The third-order valence-corrected chi connectivity index (χ3v) is 4.08. The summed E-state index contributed by atoms with van der Waals surface area (Å²) in [6, 6.07) is 15.7. The van der Waals surface area contributed by atoms with E-state index in [4.69, 9.17) is 5.73 Å². The molecule has 0 atom stereocenters. The van der Waals surface area contributed by atoms with E-state index in [-0.39, 0.29) is 31.2 Å². The predicted molar refractivity (Wildman–Crippen MR) is 100.0 cm³/mol. The van der Waals surface area contributed by atoms with Gasteiger partial charge in [0.25, 0.3) is 0 Å². The van der Waals surface area contributed by atoms with Crippen LogP contribution in [-0.2, 0) is 16.1 Å². The third kappa shape index (κ3) is 5.88. The molecule has 2 amide bonds. The zero-order chi connectivity index (χ0) is 18.9. The van der Waals surface area contributed by atoms with Gasteiger partial charge in [-0.15, -0.1) is 0 Å². The highest BCUT2D eigenvalue weighted by atomic mass is 19.1. The van der Waals surface area contributed by atoms with Crippen molar-refractivity contribution in [2.75, 3.05) is 24.5 Å². The zero-order valence-corrected chi connectivity index (χ0v) is 14.9. The Kier molecular flexibility index (Phi) is 7.14. The number of nitrogens with zero attached hydrogens (tertiary/aromatic N) is 2. The predicted octanol–water partition coefficient (Wildman–Crippen LogP) is 2.56. The van der Waals surface area contributed by atoms with Gasteiger partial charge in [0.2, 0.25) is 11.8 Å². The van der Waals surface area contributed by atoms with E-state index in [2.05, 4.69) is 0 Å². The molecule has 0 fully saturated rings. The lowest BCUT2D eigenvalue weighted by Gasteiger charge is -2.28. The first kappa shape index (κ1) is 19.4. The molecule has 0 radical (unpaired) electrons. The molecule has 0 spiro atoms. The number of hydrogen-bond acceptors (Lipinski definition) is 3. The first-order valence-corrected chi connectivity index (χ1v) is 8.60. The minimum absolute atomic E-state index is 0.102. The molecule has 26 heavy (non-hydrogen) atoms. The van der Waals surface area contributed by atoms with Crippen molar-refractivity contribution in [2.24, 2.45) is 5.73 Å². The molecular formula is C20H24FN3O2. The molecule has 0 aliphatic rings. The van der Waals surface area contributed by atoms with Crippen LogP contribution in [0.3, 0.4) is 0 Å². The van der Waals surface area contributed by atoms with Crippen molar-refractivity contribution in [3.63, 3.8) is 0 Å². The Hall–Kier alpha value is -2.89. The normalized spacial score (nSPS) is 10.4. The van der Waals surface area contributed by atoms with Gasteiger partial charge in [-0.05, 0) is 30.7 Å². The number of halogens is 1. The maximum absolute atomic E-state index is 13.5. The van der Waals surface area contributed by atoms with E-state index in [1.165, 1.54) is 12.1 Å². The maximum Gasteiger partial charge on any atom is 0.242 e. The SMILES string of the molecule is CCN(CC(=O)N(CCC(N)=O)Cc1ccccc1)c1cccc(F)c1. The number of hydrogen-bond donors (Lipinski definition) is 1. The van der Waals surface area contributed by atoms with Gasteiger partial charge in [0.1, 0.15) is 5.82 Å². The van der Waals surface area contributed by atoms with Crippen LogP contribution in [0.25, 0.3) is 0 Å². The molecule has 2 N–H and O–H groups in total. The van der Waals surface area contributed by atoms with E-state index in [1.54, 1.807) is 21.9 Å². The molecule has 0 heterocycles. The molecule has 2 rings (SSSR count). The van der Waals surface area contributed by atoms with Crippen LogP contribution in [0.4, 0.5) is 10.1 Å². The molecule has 0 saturated heterocycles. The molecule has 5 nitrogen and oxygen atoms in total. The fraction of sp³-hybridized carbons (Fsp3) is 0.300. The fourth-order valence-corrected chi connectivity index (χ4v) is 2.66. The molecule has 2 aromatic carbocycles. The van der Waals surface area contributed by atoms with Crippen molar-refractivity contribution < 1.29 is 14.0 Å². The quantitative estimate of drug-likeness (QED) is 0.750. The summed E-state index contributed by atoms with van der Waals surface area (Å²) in [6.07, 6.45) is 0.102. The van der Waals surface area contributed by atoms with Gasteiger partial charge >= 0.3 is 0 Å². The largest absolute Gasteiger partial charge is 0.370 e. The molecule has 0 aromatic heterocycles. The summed E-state index contributed by atoms with van der Waals surface area (Å²) in [7, 11) is 0. The smallest absolute Gasteiger partial charge is 0.242 e. The molecule has 0 unspecified atom stereocenters. The summed E-state index contributed by atoms with van der Waals surface area (Å²) in [5.41, 5.74) is 6.86. The number of anilines is 1. The number of nitrogens with two attached hydrogens (primary N) is 1. The molecule has 0 bridgehead atoms. The minimum atomic E-state index is -0.451. The standard InChI is InChI=1S/C20H24FN3O2/c1-2-23(18-10-6-9-17(21)13-18)15-20(26)24(12-11-19(22)25)14-16-7-4-3-5-8-16/h3-10,13H,2,11-12,14-15H2,1H3,(H2,22,25). The van der Waals surface area contributed by atoms with Crippen LogP contribution in [0, 0.1) is 5.82 Å². The maximum atomic E-state index is 13.5. The summed E-state index contributed by atoms with van der Waals surface area (Å²) in [6.45, 7) is 3.22. The highest BCUT2D eigenvalue weighted by molar-refractivity contribution is 5.82. The average Bonchev–Trinajstić information content (AvgIpc) is 2.63. The Morgan fingerprint density at radius 3 is 2.42 bits per heavy atom. The molecule has 0 aliphatic heterocycles.